The van der Waals surface area contributed by atoms with Gasteiger partial charge in [-0.2, -0.15) is 0 Å². The second kappa shape index (κ2) is 8.80. The molecule has 33 heavy (non-hydrogen) atoms. The van der Waals surface area contributed by atoms with E-state index >= 15 is 0 Å². The summed E-state index contributed by atoms with van der Waals surface area (Å²) in [6, 6.07) is 9.70. The third kappa shape index (κ3) is 3.89. The fourth-order valence-corrected chi connectivity index (χ4v) is 5.45. The highest BCUT2D eigenvalue weighted by molar-refractivity contribution is 6.28. The SMILES string of the molecule is C[C@@H]1C[C@@H](C)CN(c2cc(NCCN(C)CCO)c3c4c(onc24)-c2ccccc2C3=O)C1. The summed E-state index contributed by atoms with van der Waals surface area (Å²) in [5, 5.41) is 18.0. The largest absolute Gasteiger partial charge is 0.395 e. The van der Waals surface area contributed by atoms with Gasteiger partial charge in [0.2, 0.25) is 0 Å². The highest BCUT2D eigenvalue weighted by atomic mass is 16.5. The van der Waals surface area contributed by atoms with Crippen molar-refractivity contribution in [3.05, 3.63) is 41.5 Å². The maximum atomic E-state index is 13.6. The van der Waals surface area contributed by atoms with Gasteiger partial charge in [-0.15, -0.1) is 0 Å². The third-order valence-corrected chi connectivity index (χ3v) is 6.88. The molecule has 1 saturated heterocycles. The topological polar surface area (TPSA) is 81.8 Å². The molecule has 3 aromatic rings. The Bertz CT molecular complexity index is 1180. The summed E-state index contributed by atoms with van der Waals surface area (Å²) in [6.45, 7) is 8.67. The fourth-order valence-electron chi connectivity index (χ4n) is 5.45. The molecule has 0 unspecified atom stereocenters. The molecule has 7 nitrogen and oxygen atoms in total. The van der Waals surface area contributed by atoms with E-state index in [0.29, 0.717) is 41.8 Å². The number of aliphatic hydroxyl groups is 1. The molecular weight excluding hydrogens is 416 g/mol. The Kier molecular flexibility index (Phi) is 5.85. The predicted molar refractivity (Wildman–Crippen MR) is 131 cm³/mol. The van der Waals surface area contributed by atoms with E-state index in [-0.39, 0.29) is 12.4 Å². The van der Waals surface area contributed by atoms with Crippen molar-refractivity contribution in [2.45, 2.75) is 20.3 Å². The minimum absolute atomic E-state index is 0.00411. The number of carbonyl (C=O) groups is 1. The molecule has 174 valence electrons. The van der Waals surface area contributed by atoms with E-state index in [1.807, 2.05) is 31.3 Å². The first-order chi connectivity index (χ1) is 16.0. The summed E-state index contributed by atoms with van der Waals surface area (Å²) in [7, 11) is 1.98. The molecule has 1 aromatic heterocycles. The van der Waals surface area contributed by atoms with Crippen molar-refractivity contribution in [2.75, 3.05) is 56.6 Å². The van der Waals surface area contributed by atoms with E-state index in [0.717, 1.165) is 47.5 Å². The molecule has 2 aromatic carbocycles. The van der Waals surface area contributed by atoms with Crippen molar-refractivity contribution in [3.8, 4) is 11.3 Å². The number of fused-ring (bicyclic) bond motifs is 2. The van der Waals surface area contributed by atoms with Crippen LogP contribution >= 0.6 is 0 Å². The lowest BCUT2D eigenvalue weighted by atomic mass is 9.85. The zero-order chi connectivity index (χ0) is 23.1. The zero-order valence-corrected chi connectivity index (χ0v) is 19.6. The number of carbonyl (C=O) groups excluding carboxylic acids is 1. The smallest absolute Gasteiger partial charge is 0.196 e. The van der Waals surface area contributed by atoms with Crippen LogP contribution in [0.4, 0.5) is 11.4 Å². The quantitative estimate of drug-likeness (QED) is 0.444. The number of benzene rings is 2. The van der Waals surface area contributed by atoms with Gasteiger partial charge in [0.25, 0.3) is 0 Å². The highest BCUT2D eigenvalue weighted by Gasteiger charge is 2.34. The van der Waals surface area contributed by atoms with Crippen LogP contribution in [0.2, 0.25) is 0 Å². The molecule has 2 N–H and O–H groups in total. The lowest BCUT2D eigenvalue weighted by Gasteiger charge is -2.37. The number of aliphatic hydroxyl groups excluding tert-OH is 1. The van der Waals surface area contributed by atoms with Crippen LogP contribution in [0.1, 0.15) is 36.2 Å². The van der Waals surface area contributed by atoms with Gasteiger partial charge in [0, 0.05) is 49.5 Å². The van der Waals surface area contributed by atoms with Crippen LogP contribution in [-0.2, 0) is 0 Å². The number of hydrogen-bond donors (Lipinski definition) is 2. The molecule has 0 spiro atoms. The Labute approximate surface area is 194 Å². The van der Waals surface area contributed by atoms with Crippen molar-refractivity contribution in [2.24, 2.45) is 11.8 Å². The van der Waals surface area contributed by atoms with Crippen molar-refractivity contribution in [1.29, 1.82) is 0 Å². The number of nitrogens with zero attached hydrogens (tertiary/aromatic N) is 3. The van der Waals surface area contributed by atoms with Gasteiger partial charge in [0.05, 0.1) is 23.2 Å². The first-order valence-electron chi connectivity index (χ1n) is 11.9. The highest BCUT2D eigenvalue weighted by Crippen LogP contribution is 2.46. The average Bonchev–Trinajstić information content (AvgIpc) is 3.22. The second-order valence-electron chi connectivity index (χ2n) is 9.73. The van der Waals surface area contributed by atoms with E-state index in [4.69, 9.17) is 4.52 Å². The normalized spacial score (nSPS) is 19.9. The van der Waals surface area contributed by atoms with E-state index < -0.39 is 0 Å². The molecule has 0 amide bonds. The number of anilines is 2. The van der Waals surface area contributed by atoms with Gasteiger partial charge in [-0.05, 0) is 31.4 Å². The molecule has 5 rings (SSSR count). The Balaban J connectivity index is 1.62. The second-order valence-corrected chi connectivity index (χ2v) is 9.73. The summed E-state index contributed by atoms with van der Waals surface area (Å²) >= 11 is 0. The van der Waals surface area contributed by atoms with Crippen LogP contribution in [-0.4, -0.2) is 67.3 Å². The summed E-state index contributed by atoms with van der Waals surface area (Å²) in [5.74, 6) is 1.86. The van der Waals surface area contributed by atoms with Crippen LogP contribution in [0.15, 0.2) is 34.9 Å². The van der Waals surface area contributed by atoms with Crippen molar-refractivity contribution in [3.63, 3.8) is 0 Å². The molecule has 1 aliphatic carbocycles. The maximum Gasteiger partial charge on any atom is 0.196 e. The molecule has 0 bridgehead atoms. The van der Waals surface area contributed by atoms with Crippen molar-refractivity contribution < 1.29 is 14.4 Å². The standard InChI is InChI=1S/C26H32N4O3/c1-16-12-17(2)15-30(14-16)21-13-20(27-8-9-29(3)10-11-31)22-23-24(21)28-33-26(23)19-7-5-4-6-18(19)25(22)32/h4-7,13,16-17,27,31H,8-12,14-15H2,1-3H3/t16-,17-/m1/s1. The van der Waals surface area contributed by atoms with Gasteiger partial charge < -0.3 is 24.7 Å². The monoisotopic (exact) mass is 448 g/mol. The number of likely N-dealkylation sites (N-methyl/N-ethyl adjacent to an activating group) is 1. The van der Waals surface area contributed by atoms with Gasteiger partial charge in [0.15, 0.2) is 11.5 Å². The number of rotatable bonds is 7. The van der Waals surface area contributed by atoms with Gasteiger partial charge in [-0.3, -0.25) is 4.79 Å². The number of nitrogens with one attached hydrogen (secondary N) is 1. The Hall–Kier alpha value is -2.90. The van der Waals surface area contributed by atoms with Gasteiger partial charge in [-0.1, -0.05) is 43.3 Å². The lowest BCUT2D eigenvalue weighted by Crippen LogP contribution is -2.39. The minimum Gasteiger partial charge on any atom is -0.395 e. The number of aromatic nitrogens is 1. The van der Waals surface area contributed by atoms with E-state index in [1.165, 1.54) is 6.42 Å². The summed E-state index contributed by atoms with van der Waals surface area (Å²) < 4.78 is 5.89. The third-order valence-electron chi connectivity index (χ3n) is 6.88. The summed E-state index contributed by atoms with van der Waals surface area (Å²) in [6.07, 6.45) is 1.22. The predicted octanol–water partition coefficient (Wildman–Crippen LogP) is 3.86. The molecule has 0 radical (unpaired) electrons. The summed E-state index contributed by atoms with van der Waals surface area (Å²) in [4.78, 5) is 18.1. The Morgan fingerprint density at radius 2 is 1.91 bits per heavy atom. The van der Waals surface area contributed by atoms with Crippen LogP contribution in [0.3, 0.4) is 0 Å². The first-order valence-corrected chi connectivity index (χ1v) is 11.9. The molecule has 7 heteroatoms. The molecule has 1 fully saturated rings. The van der Waals surface area contributed by atoms with Crippen molar-refractivity contribution >= 4 is 28.1 Å². The Morgan fingerprint density at radius 3 is 2.64 bits per heavy atom. The average molecular weight is 449 g/mol. The Morgan fingerprint density at radius 1 is 1.18 bits per heavy atom. The van der Waals surface area contributed by atoms with Gasteiger partial charge >= 0.3 is 0 Å². The lowest BCUT2D eigenvalue weighted by molar-refractivity contribution is 0.104. The van der Waals surface area contributed by atoms with E-state index in [9.17, 15) is 9.90 Å². The number of ketones is 1. The maximum absolute atomic E-state index is 13.6. The molecular formula is C26H32N4O3. The van der Waals surface area contributed by atoms with Gasteiger partial charge in [0.1, 0.15) is 5.52 Å². The number of hydrogen-bond acceptors (Lipinski definition) is 7. The van der Waals surface area contributed by atoms with Gasteiger partial charge in [-0.25, -0.2) is 0 Å². The van der Waals surface area contributed by atoms with Crippen LogP contribution in [0.5, 0.6) is 0 Å². The van der Waals surface area contributed by atoms with E-state index in [2.05, 4.69) is 40.2 Å². The molecule has 0 saturated carbocycles. The molecule has 2 heterocycles. The first kappa shape index (κ1) is 21.9. The molecule has 1 aliphatic heterocycles. The van der Waals surface area contributed by atoms with Crippen LogP contribution < -0.4 is 10.2 Å². The minimum atomic E-state index is 0.00411. The van der Waals surface area contributed by atoms with Crippen LogP contribution in [0.25, 0.3) is 22.2 Å². The summed E-state index contributed by atoms with van der Waals surface area (Å²) in [5.41, 5.74) is 4.73. The number of piperidine rings is 1. The fraction of sp³-hybridized carbons (Fsp3) is 0.462. The van der Waals surface area contributed by atoms with E-state index in [1.54, 1.807) is 0 Å². The molecule has 2 aliphatic rings. The van der Waals surface area contributed by atoms with Crippen molar-refractivity contribution in [1.82, 2.24) is 10.1 Å². The molecule has 2 atom stereocenters. The zero-order valence-electron chi connectivity index (χ0n) is 19.6. The van der Waals surface area contributed by atoms with Crippen LogP contribution in [0, 0.1) is 11.8 Å².